The fourth-order valence-corrected chi connectivity index (χ4v) is 9.94. The Bertz CT molecular complexity index is 1920. The van der Waals surface area contributed by atoms with Gasteiger partial charge in [0, 0.05) is 6.42 Å². The number of nitrogens with one attached hydrogen (secondary N) is 1. The lowest BCUT2D eigenvalue weighted by Gasteiger charge is -2.40. The van der Waals surface area contributed by atoms with Crippen molar-refractivity contribution in [3.05, 3.63) is 158 Å². The number of carbonyl (C=O) groups excluding carboxylic acids is 1. The fourth-order valence-electron chi connectivity index (χ4n) is 9.94. The van der Waals surface area contributed by atoms with E-state index in [1.54, 1.807) is 6.08 Å². The van der Waals surface area contributed by atoms with Gasteiger partial charge in [-0.05, 0) is 116 Å². The van der Waals surface area contributed by atoms with E-state index >= 15 is 0 Å². The van der Waals surface area contributed by atoms with Crippen molar-refractivity contribution < 1.29 is 39.8 Å². The maximum atomic E-state index is 13.1. The van der Waals surface area contributed by atoms with E-state index in [1.807, 2.05) is 6.08 Å². The molecular weight excluding hydrogens is 1070 g/mol. The number of allylic oxidation sites excluding steroid dienone is 25. The van der Waals surface area contributed by atoms with Gasteiger partial charge in [-0.2, -0.15) is 0 Å². The molecule has 1 aliphatic rings. The highest BCUT2D eigenvalue weighted by Crippen LogP contribution is 2.23. The number of aliphatic hydroxyl groups is 5. The highest BCUT2D eigenvalue weighted by molar-refractivity contribution is 5.76. The number of ether oxygens (including phenoxy) is 2. The van der Waals surface area contributed by atoms with Crippen molar-refractivity contribution in [1.82, 2.24) is 5.32 Å². The van der Waals surface area contributed by atoms with Gasteiger partial charge in [-0.15, -0.1) is 0 Å². The van der Waals surface area contributed by atoms with Crippen LogP contribution in [0.1, 0.15) is 264 Å². The van der Waals surface area contributed by atoms with Gasteiger partial charge >= 0.3 is 0 Å². The molecule has 0 aromatic heterocycles. The number of hydrogen-bond donors (Lipinski definition) is 6. The van der Waals surface area contributed by atoms with Crippen LogP contribution in [-0.2, 0) is 14.3 Å². The number of aliphatic hydroxyl groups excluding tert-OH is 5. The maximum absolute atomic E-state index is 13.1. The minimum absolute atomic E-state index is 0.223. The first-order chi connectivity index (χ1) is 42.3. The molecule has 0 aliphatic carbocycles. The van der Waals surface area contributed by atoms with E-state index in [9.17, 15) is 30.3 Å². The predicted octanol–water partition coefficient (Wildman–Crippen LogP) is 19.1. The summed E-state index contributed by atoms with van der Waals surface area (Å²) in [5.74, 6) is -0.223. The van der Waals surface area contributed by atoms with Crippen LogP contribution in [0.2, 0.25) is 0 Å². The van der Waals surface area contributed by atoms with E-state index in [0.717, 1.165) is 109 Å². The van der Waals surface area contributed by atoms with Crippen molar-refractivity contribution >= 4 is 5.91 Å². The Morgan fingerprint density at radius 2 is 0.733 bits per heavy atom. The van der Waals surface area contributed by atoms with Crippen molar-refractivity contribution in [2.45, 2.75) is 307 Å². The highest BCUT2D eigenvalue weighted by Gasteiger charge is 2.44. The molecule has 488 valence electrons. The molecule has 7 unspecified atom stereocenters. The van der Waals surface area contributed by atoms with E-state index in [1.165, 1.54) is 128 Å². The largest absolute Gasteiger partial charge is 0.394 e. The third kappa shape index (κ3) is 51.8. The fraction of sp³-hybridized carbons (Fsp3) is 0.649. The Balaban J connectivity index is 2.23. The first-order valence-electron chi connectivity index (χ1n) is 34.7. The van der Waals surface area contributed by atoms with Crippen LogP contribution in [0.25, 0.3) is 0 Å². The Morgan fingerprint density at radius 1 is 0.407 bits per heavy atom. The number of rotatable bonds is 58. The van der Waals surface area contributed by atoms with Crippen LogP contribution in [0.5, 0.6) is 0 Å². The van der Waals surface area contributed by atoms with E-state index in [0.29, 0.717) is 6.42 Å². The smallest absolute Gasteiger partial charge is 0.220 e. The zero-order chi connectivity index (χ0) is 62.1. The summed E-state index contributed by atoms with van der Waals surface area (Å²) in [5.41, 5.74) is 0. The molecule has 9 heteroatoms. The average molecular weight is 1190 g/mol. The summed E-state index contributed by atoms with van der Waals surface area (Å²) < 4.78 is 11.3. The lowest BCUT2D eigenvalue weighted by atomic mass is 9.99. The number of unbranched alkanes of at least 4 members (excludes halogenated alkanes) is 24. The molecule has 6 N–H and O–H groups in total. The summed E-state index contributed by atoms with van der Waals surface area (Å²) in [6.45, 7) is 3.64. The molecule has 0 bridgehead atoms. The Kier molecular flexibility index (Phi) is 59.2. The third-order valence-corrected chi connectivity index (χ3v) is 15.3. The van der Waals surface area contributed by atoms with Gasteiger partial charge in [0.05, 0.1) is 25.4 Å². The molecular formula is C77H127NO8. The van der Waals surface area contributed by atoms with Crippen LogP contribution < -0.4 is 5.32 Å². The van der Waals surface area contributed by atoms with Crippen molar-refractivity contribution in [1.29, 1.82) is 0 Å². The molecule has 1 fully saturated rings. The van der Waals surface area contributed by atoms with E-state index in [4.69, 9.17) is 9.47 Å². The second-order valence-corrected chi connectivity index (χ2v) is 23.2. The lowest BCUT2D eigenvalue weighted by molar-refractivity contribution is -0.302. The van der Waals surface area contributed by atoms with Gasteiger partial charge in [0.15, 0.2) is 6.29 Å². The van der Waals surface area contributed by atoms with Gasteiger partial charge < -0.3 is 40.3 Å². The molecule has 1 saturated heterocycles. The molecule has 86 heavy (non-hydrogen) atoms. The van der Waals surface area contributed by atoms with E-state index in [-0.39, 0.29) is 18.9 Å². The van der Waals surface area contributed by atoms with Crippen molar-refractivity contribution in [2.24, 2.45) is 0 Å². The van der Waals surface area contributed by atoms with Crippen LogP contribution in [0.4, 0.5) is 0 Å². The first-order valence-corrected chi connectivity index (χ1v) is 34.7. The zero-order valence-electron chi connectivity index (χ0n) is 54.5. The van der Waals surface area contributed by atoms with Gasteiger partial charge in [0.1, 0.15) is 24.4 Å². The second-order valence-electron chi connectivity index (χ2n) is 23.2. The Morgan fingerprint density at radius 3 is 1.12 bits per heavy atom. The molecule has 0 aromatic rings. The Hall–Kier alpha value is -4.19. The molecule has 1 amide bonds. The second kappa shape index (κ2) is 63.8. The first kappa shape index (κ1) is 79.8. The van der Waals surface area contributed by atoms with Crippen LogP contribution in [0, 0.1) is 0 Å². The highest BCUT2D eigenvalue weighted by atomic mass is 16.7. The summed E-state index contributed by atoms with van der Waals surface area (Å²) in [6.07, 6.45) is 93.4. The van der Waals surface area contributed by atoms with Gasteiger partial charge in [-0.25, -0.2) is 0 Å². The minimum Gasteiger partial charge on any atom is -0.394 e. The summed E-state index contributed by atoms with van der Waals surface area (Å²) in [5, 5.41) is 54.7. The van der Waals surface area contributed by atoms with Crippen molar-refractivity contribution in [3.63, 3.8) is 0 Å². The molecule has 1 rings (SSSR count). The van der Waals surface area contributed by atoms with Gasteiger partial charge in [-0.1, -0.05) is 300 Å². The molecule has 1 heterocycles. The summed E-state index contributed by atoms with van der Waals surface area (Å²) >= 11 is 0. The quantitative estimate of drug-likeness (QED) is 0.0261. The average Bonchev–Trinajstić information content (AvgIpc) is 2.44. The van der Waals surface area contributed by atoms with E-state index < -0.39 is 49.5 Å². The van der Waals surface area contributed by atoms with Crippen LogP contribution in [0.15, 0.2) is 158 Å². The topological polar surface area (TPSA) is 149 Å². The van der Waals surface area contributed by atoms with Gasteiger partial charge in [-0.3, -0.25) is 4.79 Å². The predicted molar refractivity (Wildman–Crippen MR) is 368 cm³/mol. The van der Waals surface area contributed by atoms with Crippen LogP contribution in [-0.4, -0.2) is 87.5 Å². The standard InChI is InChI=1S/C77H127NO8/c1-3-5-7-9-11-13-15-17-19-21-23-25-27-29-31-32-33-34-35-36-37-38-39-40-41-43-45-47-49-51-53-55-57-59-61-63-65-67-73(81)78-70(69-85-77-76(84)75(83)74(82)72(68-79)86-77)71(80)66-64-62-60-58-56-54-52-50-48-46-44-42-30-28-26-24-22-20-18-16-14-12-10-8-6-4-2/h5,7,11,13,17,19,23,25,29,31,33-34,36-37,39-40,43,45,49,51,55-58,64,66,70-72,74-77,79-80,82-84H,3-4,6,8-10,12,14-16,18,20-22,24,26-28,30,32,35,38,41-42,44,46-48,50,52-54,59-63,65,67-69H2,1-2H3,(H,78,81)/b7-5-,13-11-,19-17-,25-23-,31-29-,34-33-,37-36-,40-39-,45-43-,51-49-,57-55-,58-56+,66-64+. The Labute approximate surface area is 526 Å². The summed E-state index contributed by atoms with van der Waals surface area (Å²) in [6, 6.07) is -0.854. The normalized spacial score (nSPS) is 19.1. The molecule has 0 aromatic carbocycles. The lowest BCUT2D eigenvalue weighted by Crippen LogP contribution is -2.60. The van der Waals surface area contributed by atoms with Crippen molar-refractivity contribution in [3.8, 4) is 0 Å². The number of hydrogen-bond acceptors (Lipinski definition) is 8. The maximum Gasteiger partial charge on any atom is 0.220 e. The van der Waals surface area contributed by atoms with Crippen LogP contribution >= 0.6 is 0 Å². The summed E-state index contributed by atoms with van der Waals surface area (Å²) in [4.78, 5) is 13.1. The monoisotopic (exact) mass is 1190 g/mol. The van der Waals surface area contributed by atoms with E-state index in [2.05, 4.69) is 165 Å². The zero-order valence-corrected chi connectivity index (χ0v) is 54.5. The molecule has 0 spiro atoms. The molecule has 9 nitrogen and oxygen atoms in total. The molecule has 1 aliphatic heterocycles. The molecule has 7 atom stereocenters. The van der Waals surface area contributed by atoms with Crippen molar-refractivity contribution in [2.75, 3.05) is 13.2 Å². The summed E-state index contributed by atoms with van der Waals surface area (Å²) in [7, 11) is 0. The molecule has 0 saturated carbocycles. The van der Waals surface area contributed by atoms with Gasteiger partial charge in [0.2, 0.25) is 5.91 Å². The number of carbonyl (C=O) groups is 1. The number of amides is 1. The minimum atomic E-state index is -1.59. The SMILES string of the molecule is CC/C=C\C/C=C\C/C=C\C/C=C\C/C=C\C/C=C\C/C=C\C/C=C\C/C=C\C/C=C\C/C=C\CCCCCC(=O)NC(COC1OC(CO)C(O)C(O)C1O)C(O)/C=C/CC/C=C/CCCCCCCCCCCCCCCCCCCCCC. The third-order valence-electron chi connectivity index (χ3n) is 15.3. The molecule has 0 radical (unpaired) electrons. The van der Waals surface area contributed by atoms with Crippen LogP contribution in [0.3, 0.4) is 0 Å². The van der Waals surface area contributed by atoms with Gasteiger partial charge in [0.25, 0.3) is 0 Å².